The van der Waals surface area contributed by atoms with Crippen LogP contribution in [-0.4, -0.2) is 45.5 Å². The summed E-state index contributed by atoms with van der Waals surface area (Å²) >= 11 is 0. The largest absolute Gasteiger partial charge is 0.377 e. The monoisotopic (exact) mass is 459 g/mol. The highest BCUT2D eigenvalue weighted by atomic mass is 127. The van der Waals surface area contributed by atoms with Crippen molar-refractivity contribution < 1.29 is 4.74 Å². The highest BCUT2D eigenvalue weighted by Crippen LogP contribution is 2.13. The summed E-state index contributed by atoms with van der Waals surface area (Å²) in [5.74, 6) is 2.59. The van der Waals surface area contributed by atoms with E-state index in [-0.39, 0.29) is 30.0 Å². The van der Waals surface area contributed by atoms with E-state index in [2.05, 4.69) is 36.3 Å². The second-order valence-electron chi connectivity index (χ2n) is 5.98. The molecule has 1 atom stereocenters. The molecular formula is C16H26IN7O. The number of hydrogen-bond donors (Lipinski definition) is 2. The van der Waals surface area contributed by atoms with Gasteiger partial charge in [-0.25, -0.2) is 9.67 Å². The Bertz CT molecular complexity index is 709. The van der Waals surface area contributed by atoms with Crippen molar-refractivity contribution in [3.05, 3.63) is 35.7 Å². The third kappa shape index (κ3) is 4.94. The minimum Gasteiger partial charge on any atom is -0.377 e. The van der Waals surface area contributed by atoms with Crippen LogP contribution in [0.25, 0.3) is 0 Å². The Morgan fingerprint density at radius 3 is 3.00 bits per heavy atom. The Labute approximate surface area is 165 Å². The van der Waals surface area contributed by atoms with Crippen LogP contribution in [0.4, 0.5) is 0 Å². The molecule has 0 saturated carbocycles. The van der Waals surface area contributed by atoms with Crippen LogP contribution >= 0.6 is 24.0 Å². The van der Waals surface area contributed by atoms with Gasteiger partial charge in [0, 0.05) is 45.6 Å². The molecule has 2 aromatic rings. The van der Waals surface area contributed by atoms with E-state index in [0.29, 0.717) is 6.61 Å². The van der Waals surface area contributed by atoms with Crippen molar-refractivity contribution in [1.29, 1.82) is 0 Å². The molecule has 2 N–H and O–H groups in total. The maximum atomic E-state index is 5.11. The molecular weight excluding hydrogens is 433 g/mol. The molecule has 1 aliphatic heterocycles. The van der Waals surface area contributed by atoms with Crippen LogP contribution in [0.2, 0.25) is 0 Å². The molecule has 9 heteroatoms. The predicted octanol–water partition coefficient (Wildman–Crippen LogP) is 1.06. The molecule has 0 spiro atoms. The van der Waals surface area contributed by atoms with Crippen LogP contribution in [0.15, 0.2) is 23.3 Å². The van der Waals surface area contributed by atoms with E-state index >= 15 is 0 Å². The molecule has 8 nitrogen and oxygen atoms in total. The standard InChI is InChI=1S/C16H25N7O.HI/c1-17-16(18-9-13-5-4-8-22(13)2)19-12-6-7-15-20-14(11-24-3)21-23(15)10-12;/h4-5,8,12H,6-7,9-11H2,1-3H3,(H2,17,18,19);1H. The lowest BCUT2D eigenvalue weighted by molar-refractivity contribution is 0.177. The van der Waals surface area contributed by atoms with E-state index in [1.54, 1.807) is 14.2 Å². The molecule has 0 aromatic carbocycles. The minimum atomic E-state index is 0. The van der Waals surface area contributed by atoms with Gasteiger partial charge in [0.1, 0.15) is 12.4 Å². The van der Waals surface area contributed by atoms with E-state index in [1.807, 2.05) is 24.0 Å². The van der Waals surface area contributed by atoms with Crippen molar-refractivity contribution in [2.75, 3.05) is 14.2 Å². The number of aromatic nitrogens is 4. The van der Waals surface area contributed by atoms with Gasteiger partial charge in [-0.2, -0.15) is 5.10 Å². The van der Waals surface area contributed by atoms with Crippen molar-refractivity contribution in [2.24, 2.45) is 12.0 Å². The predicted molar refractivity (Wildman–Crippen MR) is 107 cm³/mol. The molecule has 25 heavy (non-hydrogen) atoms. The summed E-state index contributed by atoms with van der Waals surface area (Å²) in [5.41, 5.74) is 1.21. The molecule has 0 amide bonds. The number of ether oxygens (including phenoxy) is 1. The molecule has 2 aromatic heterocycles. The van der Waals surface area contributed by atoms with Crippen molar-refractivity contribution in [3.8, 4) is 0 Å². The van der Waals surface area contributed by atoms with Crippen molar-refractivity contribution in [1.82, 2.24) is 30.0 Å². The first-order valence-corrected chi connectivity index (χ1v) is 8.18. The molecule has 0 aliphatic carbocycles. The van der Waals surface area contributed by atoms with Gasteiger partial charge in [-0.05, 0) is 18.6 Å². The lowest BCUT2D eigenvalue weighted by Gasteiger charge is -2.25. The van der Waals surface area contributed by atoms with Crippen LogP contribution in [0.3, 0.4) is 0 Å². The zero-order chi connectivity index (χ0) is 16.9. The normalized spacial score (nSPS) is 16.9. The maximum absolute atomic E-state index is 5.11. The van der Waals surface area contributed by atoms with Crippen LogP contribution in [-0.2, 0) is 37.9 Å². The molecule has 1 aliphatic rings. The van der Waals surface area contributed by atoms with Crippen molar-refractivity contribution >= 4 is 29.9 Å². The summed E-state index contributed by atoms with van der Waals surface area (Å²) in [4.78, 5) is 8.83. The number of methoxy groups -OCH3 is 1. The zero-order valence-electron chi connectivity index (χ0n) is 14.9. The number of nitrogens with zero attached hydrogens (tertiary/aromatic N) is 5. The number of rotatable bonds is 5. The van der Waals surface area contributed by atoms with Gasteiger partial charge in [0.15, 0.2) is 11.8 Å². The first-order chi connectivity index (χ1) is 11.7. The fraction of sp³-hybridized carbons (Fsp3) is 0.562. The fourth-order valence-corrected chi connectivity index (χ4v) is 2.91. The maximum Gasteiger partial charge on any atom is 0.191 e. The number of hydrogen-bond acceptors (Lipinski definition) is 4. The zero-order valence-corrected chi connectivity index (χ0v) is 17.2. The smallest absolute Gasteiger partial charge is 0.191 e. The number of nitrogens with one attached hydrogen (secondary N) is 2. The van der Waals surface area contributed by atoms with Gasteiger partial charge in [-0.1, -0.05) is 0 Å². The van der Waals surface area contributed by atoms with Gasteiger partial charge in [-0.3, -0.25) is 4.99 Å². The Hall–Kier alpha value is -1.62. The number of fused-ring (bicyclic) bond motifs is 1. The Morgan fingerprint density at radius 2 is 2.32 bits per heavy atom. The highest BCUT2D eigenvalue weighted by Gasteiger charge is 2.22. The molecule has 3 rings (SSSR count). The third-order valence-corrected chi connectivity index (χ3v) is 4.23. The van der Waals surface area contributed by atoms with Crippen LogP contribution < -0.4 is 10.6 Å². The molecule has 0 radical (unpaired) electrons. The van der Waals surface area contributed by atoms with E-state index in [0.717, 1.165) is 43.5 Å². The second-order valence-corrected chi connectivity index (χ2v) is 5.98. The molecule has 1 unspecified atom stereocenters. The lowest BCUT2D eigenvalue weighted by atomic mass is 10.1. The summed E-state index contributed by atoms with van der Waals surface area (Å²) in [5, 5.41) is 11.3. The molecule has 0 fully saturated rings. The number of guanidine groups is 1. The average molecular weight is 459 g/mol. The Kier molecular flexibility index (Phi) is 7.24. The third-order valence-electron chi connectivity index (χ3n) is 4.23. The summed E-state index contributed by atoms with van der Waals surface area (Å²) in [7, 11) is 5.49. The van der Waals surface area contributed by atoms with E-state index < -0.39 is 0 Å². The van der Waals surface area contributed by atoms with Crippen LogP contribution in [0.1, 0.15) is 23.8 Å². The van der Waals surface area contributed by atoms with Gasteiger partial charge in [0.2, 0.25) is 0 Å². The Balaban J connectivity index is 0.00000225. The summed E-state index contributed by atoms with van der Waals surface area (Å²) in [6.45, 7) is 1.98. The SMILES string of the molecule is CN=C(NCc1cccn1C)NC1CCc2nc(COC)nn2C1.I. The van der Waals surface area contributed by atoms with Gasteiger partial charge >= 0.3 is 0 Å². The minimum absolute atomic E-state index is 0. The molecule has 138 valence electrons. The van der Waals surface area contributed by atoms with Crippen LogP contribution in [0.5, 0.6) is 0 Å². The molecule has 0 saturated heterocycles. The summed E-state index contributed by atoms with van der Waals surface area (Å²) in [6.07, 6.45) is 3.96. The Morgan fingerprint density at radius 1 is 1.48 bits per heavy atom. The highest BCUT2D eigenvalue weighted by molar-refractivity contribution is 14.0. The van der Waals surface area contributed by atoms with Crippen molar-refractivity contribution in [3.63, 3.8) is 0 Å². The first-order valence-electron chi connectivity index (χ1n) is 8.18. The lowest BCUT2D eigenvalue weighted by Crippen LogP contribution is -2.47. The first kappa shape index (κ1) is 19.7. The van der Waals surface area contributed by atoms with Crippen LogP contribution in [0, 0.1) is 0 Å². The summed E-state index contributed by atoms with van der Waals surface area (Å²) < 4.78 is 9.18. The molecule has 3 heterocycles. The van der Waals surface area contributed by atoms with Gasteiger partial charge in [-0.15, -0.1) is 24.0 Å². The number of halogens is 1. The van der Waals surface area contributed by atoms with Gasteiger partial charge < -0.3 is 19.9 Å². The van der Waals surface area contributed by atoms with E-state index in [4.69, 9.17) is 4.74 Å². The van der Waals surface area contributed by atoms with E-state index in [1.165, 1.54) is 5.69 Å². The summed E-state index contributed by atoms with van der Waals surface area (Å²) in [6, 6.07) is 4.42. The second kappa shape index (κ2) is 9.18. The number of aryl methyl sites for hydroxylation is 2. The van der Waals surface area contributed by atoms with Gasteiger partial charge in [0.05, 0.1) is 13.1 Å². The quantitative estimate of drug-likeness (QED) is 0.397. The topological polar surface area (TPSA) is 81.3 Å². The number of aliphatic imine (C=N–C) groups is 1. The fourth-order valence-electron chi connectivity index (χ4n) is 2.91. The van der Waals surface area contributed by atoms with Gasteiger partial charge in [0.25, 0.3) is 0 Å². The van der Waals surface area contributed by atoms with E-state index in [9.17, 15) is 0 Å². The van der Waals surface area contributed by atoms with Crippen molar-refractivity contribution in [2.45, 2.75) is 38.6 Å². The molecule has 0 bridgehead atoms. The average Bonchev–Trinajstić information content (AvgIpc) is 3.16.